The monoisotopic (exact) mass is 290 g/mol. The van der Waals surface area contributed by atoms with Crippen molar-refractivity contribution < 1.29 is 14.7 Å². The number of rotatable bonds is 5. The number of piperidine rings is 1. The van der Waals surface area contributed by atoms with E-state index in [-0.39, 0.29) is 5.91 Å². The van der Waals surface area contributed by atoms with Crippen LogP contribution in [-0.4, -0.2) is 40.5 Å². The smallest absolute Gasteiger partial charge is 0.326 e. The molecule has 2 rings (SSSR count). The summed E-state index contributed by atoms with van der Waals surface area (Å²) in [4.78, 5) is 25.1. The predicted octanol–water partition coefficient (Wildman–Crippen LogP) is 1.41. The van der Waals surface area contributed by atoms with E-state index in [1.165, 1.54) is 4.90 Å². The number of aryl methyl sites for hydroxylation is 1. The zero-order valence-electron chi connectivity index (χ0n) is 12.1. The Bertz CT molecular complexity index is 490. The predicted molar refractivity (Wildman–Crippen MR) is 79.7 cm³/mol. The van der Waals surface area contributed by atoms with Crippen molar-refractivity contribution in [2.24, 2.45) is 5.73 Å². The third-order valence-electron chi connectivity index (χ3n) is 3.97. The molecule has 1 aliphatic rings. The van der Waals surface area contributed by atoms with Gasteiger partial charge in [-0.05, 0) is 37.7 Å². The van der Waals surface area contributed by atoms with Crippen LogP contribution in [0.4, 0.5) is 0 Å². The molecular weight excluding hydrogens is 268 g/mol. The lowest BCUT2D eigenvalue weighted by atomic mass is 9.99. The molecule has 1 amide bonds. The molecule has 1 unspecified atom stereocenters. The van der Waals surface area contributed by atoms with E-state index in [1.54, 1.807) is 0 Å². The van der Waals surface area contributed by atoms with Gasteiger partial charge >= 0.3 is 5.97 Å². The fourth-order valence-electron chi connectivity index (χ4n) is 2.76. The Labute approximate surface area is 124 Å². The third-order valence-corrected chi connectivity index (χ3v) is 3.97. The summed E-state index contributed by atoms with van der Waals surface area (Å²) in [5, 5.41) is 9.21. The van der Waals surface area contributed by atoms with Crippen LogP contribution in [0.25, 0.3) is 0 Å². The van der Waals surface area contributed by atoms with Crippen molar-refractivity contribution in [1.82, 2.24) is 4.90 Å². The van der Waals surface area contributed by atoms with Gasteiger partial charge in [0.05, 0.1) is 6.04 Å². The highest BCUT2D eigenvalue weighted by atomic mass is 16.4. The number of carbonyl (C=O) groups is 2. The number of carboxylic acids is 1. The van der Waals surface area contributed by atoms with Gasteiger partial charge in [0, 0.05) is 6.54 Å². The van der Waals surface area contributed by atoms with E-state index >= 15 is 0 Å². The fourth-order valence-corrected chi connectivity index (χ4v) is 2.76. The van der Waals surface area contributed by atoms with E-state index in [0.29, 0.717) is 19.4 Å². The zero-order chi connectivity index (χ0) is 15.2. The number of carbonyl (C=O) groups excluding carboxylic acids is 1. The maximum Gasteiger partial charge on any atom is 0.326 e. The molecule has 1 saturated heterocycles. The van der Waals surface area contributed by atoms with Crippen LogP contribution in [-0.2, 0) is 16.0 Å². The minimum absolute atomic E-state index is 0.238. The topological polar surface area (TPSA) is 83.6 Å². The van der Waals surface area contributed by atoms with Gasteiger partial charge in [-0.2, -0.15) is 0 Å². The molecule has 0 aromatic heterocycles. The second-order valence-corrected chi connectivity index (χ2v) is 5.51. The highest BCUT2D eigenvalue weighted by Crippen LogP contribution is 2.19. The zero-order valence-corrected chi connectivity index (χ0v) is 12.1. The van der Waals surface area contributed by atoms with Crippen molar-refractivity contribution in [3.63, 3.8) is 0 Å². The van der Waals surface area contributed by atoms with Crippen molar-refractivity contribution >= 4 is 11.9 Å². The maximum atomic E-state index is 12.4. The Kier molecular flexibility index (Phi) is 5.33. The number of hydrogen-bond donors (Lipinski definition) is 2. The average Bonchev–Trinajstić information content (AvgIpc) is 2.52. The Morgan fingerprint density at radius 3 is 2.67 bits per heavy atom. The Hall–Kier alpha value is -1.88. The molecule has 0 radical (unpaired) electrons. The minimum Gasteiger partial charge on any atom is -0.480 e. The number of benzene rings is 1. The van der Waals surface area contributed by atoms with Gasteiger partial charge in [0.25, 0.3) is 0 Å². The molecule has 1 fully saturated rings. The lowest BCUT2D eigenvalue weighted by Gasteiger charge is -2.34. The maximum absolute atomic E-state index is 12.4. The van der Waals surface area contributed by atoms with Crippen molar-refractivity contribution in [1.29, 1.82) is 0 Å². The first-order valence-electron chi connectivity index (χ1n) is 7.42. The van der Waals surface area contributed by atoms with Crippen LogP contribution >= 0.6 is 0 Å². The van der Waals surface area contributed by atoms with Crippen molar-refractivity contribution in [2.75, 3.05) is 6.54 Å². The number of amides is 1. The largest absolute Gasteiger partial charge is 0.480 e. The number of aliphatic carboxylic acids is 1. The summed E-state index contributed by atoms with van der Waals surface area (Å²) in [6.07, 6.45) is 3.47. The molecule has 1 aromatic carbocycles. The van der Waals surface area contributed by atoms with E-state index in [1.807, 2.05) is 30.3 Å². The molecular formula is C16H22N2O3. The van der Waals surface area contributed by atoms with Crippen LogP contribution in [0.2, 0.25) is 0 Å². The van der Waals surface area contributed by atoms with Gasteiger partial charge < -0.3 is 15.7 Å². The molecule has 2 atom stereocenters. The highest BCUT2D eigenvalue weighted by molar-refractivity contribution is 5.87. The van der Waals surface area contributed by atoms with E-state index in [9.17, 15) is 14.7 Å². The standard InChI is InChI=1S/C16H22N2O3/c17-13(10-9-12-6-2-1-3-7-12)15(19)18-11-5-4-8-14(18)16(20)21/h1-3,6-7,13-14H,4-5,8-11,17H2,(H,20,21)/t13-,14?/m0/s1. The summed E-state index contributed by atoms with van der Waals surface area (Å²) in [6.45, 7) is 0.495. The molecule has 114 valence electrons. The molecule has 5 heteroatoms. The lowest BCUT2D eigenvalue weighted by molar-refractivity contribution is -0.152. The molecule has 5 nitrogen and oxygen atoms in total. The van der Waals surface area contributed by atoms with E-state index in [0.717, 1.165) is 24.8 Å². The number of hydrogen-bond acceptors (Lipinski definition) is 3. The molecule has 1 aliphatic heterocycles. The summed E-state index contributed by atoms with van der Waals surface area (Å²) in [6, 6.07) is 8.50. The van der Waals surface area contributed by atoms with Gasteiger partial charge in [0.2, 0.25) is 5.91 Å². The van der Waals surface area contributed by atoms with Gasteiger partial charge in [-0.1, -0.05) is 30.3 Å². The second kappa shape index (κ2) is 7.22. The number of carboxylic acid groups (broad SMARTS) is 1. The lowest BCUT2D eigenvalue weighted by Crippen LogP contribution is -2.53. The van der Waals surface area contributed by atoms with Crippen LogP contribution in [0.1, 0.15) is 31.2 Å². The first kappa shape index (κ1) is 15.5. The van der Waals surface area contributed by atoms with Crippen molar-refractivity contribution in [3.05, 3.63) is 35.9 Å². The average molecular weight is 290 g/mol. The van der Waals surface area contributed by atoms with E-state index in [2.05, 4.69) is 0 Å². The molecule has 21 heavy (non-hydrogen) atoms. The fraction of sp³-hybridized carbons (Fsp3) is 0.500. The first-order valence-corrected chi connectivity index (χ1v) is 7.42. The first-order chi connectivity index (χ1) is 10.1. The molecule has 0 bridgehead atoms. The SMILES string of the molecule is N[C@@H](CCc1ccccc1)C(=O)N1CCCCC1C(=O)O. The minimum atomic E-state index is -0.932. The summed E-state index contributed by atoms with van der Waals surface area (Å²) >= 11 is 0. The summed E-state index contributed by atoms with van der Waals surface area (Å²) < 4.78 is 0. The van der Waals surface area contributed by atoms with Gasteiger partial charge in [0.1, 0.15) is 6.04 Å². The number of nitrogens with zero attached hydrogens (tertiary/aromatic N) is 1. The normalized spacial score (nSPS) is 20.0. The summed E-state index contributed by atoms with van der Waals surface area (Å²) in [7, 11) is 0. The Morgan fingerprint density at radius 2 is 2.00 bits per heavy atom. The molecule has 0 spiro atoms. The molecule has 3 N–H and O–H groups in total. The molecule has 1 heterocycles. The molecule has 0 saturated carbocycles. The molecule has 1 aromatic rings. The Morgan fingerprint density at radius 1 is 1.29 bits per heavy atom. The van der Waals surface area contributed by atoms with Gasteiger partial charge in [0.15, 0.2) is 0 Å². The van der Waals surface area contributed by atoms with Crippen LogP contribution in [0.3, 0.4) is 0 Å². The Balaban J connectivity index is 1.93. The summed E-state index contributed by atoms with van der Waals surface area (Å²) in [5.41, 5.74) is 7.11. The number of nitrogens with two attached hydrogens (primary N) is 1. The van der Waals surface area contributed by atoms with Gasteiger partial charge in [-0.3, -0.25) is 4.79 Å². The van der Waals surface area contributed by atoms with E-state index < -0.39 is 18.1 Å². The van der Waals surface area contributed by atoms with Crippen molar-refractivity contribution in [3.8, 4) is 0 Å². The highest BCUT2D eigenvalue weighted by Gasteiger charge is 2.33. The molecule has 0 aliphatic carbocycles. The third kappa shape index (κ3) is 4.04. The summed E-state index contributed by atoms with van der Waals surface area (Å²) in [5.74, 6) is -1.17. The van der Waals surface area contributed by atoms with Gasteiger partial charge in [-0.25, -0.2) is 4.79 Å². The second-order valence-electron chi connectivity index (χ2n) is 5.51. The van der Waals surface area contributed by atoms with Crippen LogP contribution in [0.5, 0.6) is 0 Å². The van der Waals surface area contributed by atoms with Crippen LogP contribution < -0.4 is 5.73 Å². The quantitative estimate of drug-likeness (QED) is 0.859. The van der Waals surface area contributed by atoms with E-state index in [4.69, 9.17) is 5.73 Å². The van der Waals surface area contributed by atoms with Crippen LogP contribution in [0, 0.1) is 0 Å². The van der Waals surface area contributed by atoms with Crippen LogP contribution in [0.15, 0.2) is 30.3 Å². The van der Waals surface area contributed by atoms with Crippen molar-refractivity contribution in [2.45, 2.75) is 44.2 Å². The van der Waals surface area contributed by atoms with Gasteiger partial charge in [-0.15, -0.1) is 0 Å². The number of likely N-dealkylation sites (tertiary alicyclic amines) is 1.